The Labute approximate surface area is 91.1 Å². The molecule has 0 saturated carbocycles. The van der Waals surface area contributed by atoms with Crippen molar-refractivity contribution >= 4 is 15.9 Å². The van der Waals surface area contributed by atoms with Gasteiger partial charge in [0.15, 0.2) is 0 Å². The summed E-state index contributed by atoms with van der Waals surface area (Å²) in [5.41, 5.74) is 0.701. The van der Waals surface area contributed by atoms with Gasteiger partial charge >= 0.3 is 0 Å². The minimum Gasteiger partial charge on any atom is -0.496 e. The molecule has 0 bridgehead atoms. The maximum Gasteiger partial charge on any atom is 0.123 e. The lowest BCUT2D eigenvalue weighted by atomic mass is 10.0. The normalized spacial score (nSPS) is 11.9. The predicted octanol–water partition coefficient (Wildman–Crippen LogP) is 2.06. The van der Waals surface area contributed by atoms with E-state index in [1.807, 2.05) is 12.1 Å². The number of ether oxygens (including phenoxy) is 1. The molecular weight excluding hydrogens is 246 g/mol. The van der Waals surface area contributed by atoms with Gasteiger partial charge in [-0.25, -0.2) is 0 Å². The molecule has 0 radical (unpaired) electrons. The molecule has 1 N–H and O–H groups in total. The smallest absolute Gasteiger partial charge is 0.123 e. The fourth-order valence-corrected chi connectivity index (χ4v) is 1.57. The molecule has 0 saturated heterocycles. The summed E-state index contributed by atoms with van der Waals surface area (Å²) in [5, 5.41) is 17.8. The third-order valence-corrected chi connectivity index (χ3v) is 2.40. The minimum absolute atomic E-state index is 0.205. The second kappa shape index (κ2) is 4.99. The lowest BCUT2D eigenvalue weighted by Gasteiger charge is -2.11. The summed E-state index contributed by atoms with van der Waals surface area (Å²) < 4.78 is 5.96. The van der Waals surface area contributed by atoms with E-state index in [0.717, 1.165) is 4.47 Å². The van der Waals surface area contributed by atoms with Gasteiger partial charge in [0.05, 0.1) is 25.7 Å². The second-order valence-corrected chi connectivity index (χ2v) is 3.67. The van der Waals surface area contributed by atoms with Crippen LogP contribution in [0, 0.1) is 11.3 Å². The number of hydrogen-bond acceptors (Lipinski definition) is 3. The first-order valence-electron chi connectivity index (χ1n) is 4.06. The summed E-state index contributed by atoms with van der Waals surface area (Å²) in [6.45, 7) is -0.205. The van der Waals surface area contributed by atoms with Crippen molar-refractivity contribution in [2.45, 2.75) is 5.92 Å². The number of aliphatic hydroxyl groups excluding tert-OH is 1. The van der Waals surface area contributed by atoms with Crippen LogP contribution in [0.5, 0.6) is 5.75 Å². The average molecular weight is 256 g/mol. The molecule has 1 atom stereocenters. The molecule has 3 nitrogen and oxygen atoms in total. The van der Waals surface area contributed by atoms with Crippen LogP contribution in [0.2, 0.25) is 0 Å². The number of hydrogen-bond donors (Lipinski definition) is 1. The fraction of sp³-hybridized carbons (Fsp3) is 0.300. The molecule has 1 aromatic carbocycles. The molecule has 1 aromatic rings. The molecule has 0 heterocycles. The monoisotopic (exact) mass is 255 g/mol. The van der Waals surface area contributed by atoms with Gasteiger partial charge in [0.2, 0.25) is 0 Å². The topological polar surface area (TPSA) is 53.2 Å². The molecule has 74 valence electrons. The van der Waals surface area contributed by atoms with Crippen molar-refractivity contribution < 1.29 is 9.84 Å². The molecule has 0 fully saturated rings. The predicted molar refractivity (Wildman–Crippen MR) is 56.1 cm³/mol. The first-order valence-corrected chi connectivity index (χ1v) is 4.86. The van der Waals surface area contributed by atoms with Gasteiger partial charge in [0.1, 0.15) is 5.75 Å². The molecule has 0 spiro atoms. The highest BCUT2D eigenvalue weighted by Crippen LogP contribution is 2.29. The van der Waals surface area contributed by atoms with Crippen molar-refractivity contribution in [3.63, 3.8) is 0 Å². The van der Waals surface area contributed by atoms with Gasteiger partial charge in [-0.1, -0.05) is 15.9 Å². The molecule has 1 rings (SSSR count). The summed E-state index contributed by atoms with van der Waals surface area (Å²) in [6, 6.07) is 7.39. The summed E-state index contributed by atoms with van der Waals surface area (Å²) >= 11 is 3.31. The molecule has 0 aliphatic heterocycles. The highest BCUT2D eigenvalue weighted by Gasteiger charge is 2.14. The quantitative estimate of drug-likeness (QED) is 0.900. The SMILES string of the molecule is COc1ccc(Br)cc1C(C#N)CO. The second-order valence-electron chi connectivity index (χ2n) is 2.75. The third kappa shape index (κ3) is 2.25. The zero-order chi connectivity index (χ0) is 10.6. The summed E-state index contributed by atoms with van der Waals surface area (Å²) in [5.74, 6) is 0.0799. The number of halogens is 1. The van der Waals surface area contributed by atoms with E-state index in [0.29, 0.717) is 11.3 Å². The van der Waals surface area contributed by atoms with Gasteiger partial charge in [-0.3, -0.25) is 0 Å². The van der Waals surface area contributed by atoms with E-state index in [1.54, 1.807) is 19.2 Å². The van der Waals surface area contributed by atoms with Gasteiger partial charge in [-0.05, 0) is 18.2 Å². The van der Waals surface area contributed by atoms with Crippen LogP contribution in [-0.2, 0) is 0 Å². The van der Waals surface area contributed by atoms with E-state index in [4.69, 9.17) is 15.1 Å². The summed E-state index contributed by atoms with van der Waals surface area (Å²) in [6.07, 6.45) is 0. The Kier molecular flexibility index (Phi) is 3.93. The van der Waals surface area contributed by atoms with E-state index >= 15 is 0 Å². The zero-order valence-corrected chi connectivity index (χ0v) is 9.28. The van der Waals surface area contributed by atoms with E-state index in [-0.39, 0.29) is 6.61 Å². The maximum absolute atomic E-state index is 9.00. The van der Waals surface area contributed by atoms with Crippen LogP contribution >= 0.6 is 15.9 Å². The van der Waals surface area contributed by atoms with Crippen molar-refractivity contribution in [1.82, 2.24) is 0 Å². The molecule has 4 heteroatoms. The Morgan fingerprint density at radius 3 is 2.86 bits per heavy atom. The molecule has 0 aliphatic carbocycles. The van der Waals surface area contributed by atoms with E-state index < -0.39 is 5.92 Å². The molecular formula is C10H10BrNO2. The average Bonchev–Trinajstić information content (AvgIpc) is 2.20. The number of benzene rings is 1. The number of nitrogens with zero attached hydrogens (tertiary/aromatic N) is 1. The van der Waals surface area contributed by atoms with Crippen LogP contribution in [-0.4, -0.2) is 18.8 Å². The lowest BCUT2D eigenvalue weighted by Crippen LogP contribution is -2.03. The number of methoxy groups -OCH3 is 1. The Bertz CT molecular complexity index is 360. The number of nitriles is 1. The fourth-order valence-electron chi connectivity index (χ4n) is 1.19. The summed E-state index contributed by atoms with van der Waals surface area (Å²) in [4.78, 5) is 0. The minimum atomic E-state index is -0.539. The van der Waals surface area contributed by atoms with Crippen LogP contribution < -0.4 is 4.74 Å². The first-order chi connectivity index (χ1) is 6.72. The highest BCUT2D eigenvalue weighted by atomic mass is 79.9. The van der Waals surface area contributed by atoms with Gasteiger partial charge in [0.25, 0.3) is 0 Å². The standard InChI is InChI=1S/C10H10BrNO2/c1-14-10-3-2-8(11)4-9(10)7(5-12)6-13/h2-4,7,13H,6H2,1H3. The van der Waals surface area contributed by atoms with Crippen LogP contribution in [0.3, 0.4) is 0 Å². The Hall–Kier alpha value is -1.05. The largest absolute Gasteiger partial charge is 0.496 e. The van der Waals surface area contributed by atoms with Gasteiger partial charge in [-0.15, -0.1) is 0 Å². The maximum atomic E-state index is 9.00. The lowest BCUT2D eigenvalue weighted by molar-refractivity contribution is 0.282. The van der Waals surface area contributed by atoms with Gasteiger partial charge in [-0.2, -0.15) is 5.26 Å². The third-order valence-electron chi connectivity index (χ3n) is 1.91. The van der Waals surface area contributed by atoms with Crippen molar-refractivity contribution in [3.05, 3.63) is 28.2 Å². The van der Waals surface area contributed by atoms with Crippen LogP contribution in [0.25, 0.3) is 0 Å². The Morgan fingerprint density at radius 2 is 2.36 bits per heavy atom. The van der Waals surface area contributed by atoms with E-state index in [9.17, 15) is 0 Å². The molecule has 1 unspecified atom stereocenters. The van der Waals surface area contributed by atoms with Crippen molar-refractivity contribution in [2.24, 2.45) is 0 Å². The molecule has 0 aliphatic rings. The van der Waals surface area contributed by atoms with Crippen molar-refractivity contribution in [2.75, 3.05) is 13.7 Å². The molecule has 0 amide bonds. The number of rotatable bonds is 3. The Morgan fingerprint density at radius 1 is 1.64 bits per heavy atom. The summed E-state index contributed by atoms with van der Waals surface area (Å²) in [7, 11) is 1.54. The molecule has 0 aromatic heterocycles. The Balaban J connectivity index is 3.16. The van der Waals surface area contributed by atoms with Crippen molar-refractivity contribution in [1.29, 1.82) is 5.26 Å². The van der Waals surface area contributed by atoms with E-state index in [1.165, 1.54) is 0 Å². The van der Waals surface area contributed by atoms with Gasteiger partial charge in [0, 0.05) is 10.0 Å². The molecule has 14 heavy (non-hydrogen) atoms. The zero-order valence-electron chi connectivity index (χ0n) is 7.70. The van der Waals surface area contributed by atoms with Crippen LogP contribution in [0.15, 0.2) is 22.7 Å². The van der Waals surface area contributed by atoms with Gasteiger partial charge < -0.3 is 9.84 Å². The number of aliphatic hydroxyl groups is 1. The van der Waals surface area contributed by atoms with Crippen LogP contribution in [0.4, 0.5) is 0 Å². The van der Waals surface area contributed by atoms with E-state index in [2.05, 4.69) is 15.9 Å². The van der Waals surface area contributed by atoms with Crippen molar-refractivity contribution in [3.8, 4) is 11.8 Å². The van der Waals surface area contributed by atoms with Crippen LogP contribution in [0.1, 0.15) is 11.5 Å². The highest BCUT2D eigenvalue weighted by molar-refractivity contribution is 9.10. The first kappa shape index (κ1) is 11.0.